The number of ether oxygens (including phenoxy) is 2. The van der Waals surface area contributed by atoms with Gasteiger partial charge in [0.25, 0.3) is 0 Å². The third-order valence-corrected chi connectivity index (χ3v) is 7.26. The average molecular weight is 457 g/mol. The number of hydrogen-bond donors (Lipinski definition) is 1. The summed E-state index contributed by atoms with van der Waals surface area (Å²) in [6.45, 7) is 0. The van der Waals surface area contributed by atoms with Crippen molar-refractivity contribution in [1.29, 1.82) is 0 Å². The van der Waals surface area contributed by atoms with Crippen LogP contribution in [0.3, 0.4) is 0 Å². The summed E-state index contributed by atoms with van der Waals surface area (Å²) in [4.78, 5) is 24.7. The van der Waals surface area contributed by atoms with Crippen molar-refractivity contribution in [3.05, 3.63) is 82.7 Å². The van der Waals surface area contributed by atoms with Crippen molar-refractivity contribution in [2.45, 2.75) is 10.0 Å². The van der Waals surface area contributed by atoms with Crippen LogP contribution in [0.5, 0.6) is 0 Å². The second-order valence-electron chi connectivity index (χ2n) is 7.78. The Kier molecular flexibility index (Phi) is 5.90. The van der Waals surface area contributed by atoms with E-state index in [2.05, 4.69) is 4.74 Å². The molecule has 0 bridgehead atoms. The molecule has 1 atom stereocenters. The molecule has 0 saturated carbocycles. The van der Waals surface area contributed by atoms with Crippen molar-refractivity contribution in [3.63, 3.8) is 0 Å². The van der Waals surface area contributed by atoms with Gasteiger partial charge in [0.05, 0.1) is 17.2 Å². The van der Waals surface area contributed by atoms with Crippen LogP contribution in [0.1, 0.15) is 21.5 Å². The van der Waals surface area contributed by atoms with Crippen molar-refractivity contribution in [3.8, 4) is 0 Å². The van der Waals surface area contributed by atoms with E-state index in [9.17, 15) is 22.4 Å². The molecule has 0 saturated heterocycles. The Balaban J connectivity index is 1.89. The molecule has 0 amide bonds. The van der Waals surface area contributed by atoms with Gasteiger partial charge in [-0.15, -0.1) is 0 Å². The van der Waals surface area contributed by atoms with Crippen LogP contribution in [-0.4, -0.2) is 50.8 Å². The monoisotopic (exact) mass is 457 g/mol. The highest BCUT2D eigenvalue weighted by atomic mass is 32.2. The van der Waals surface area contributed by atoms with Crippen LogP contribution in [0.4, 0.5) is 4.39 Å². The third kappa shape index (κ3) is 3.88. The number of carbonyl (C=O) groups is 2. The lowest BCUT2D eigenvalue weighted by molar-refractivity contribution is -0.126. The molecule has 2 aromatic carbocycles. The van der Waals surface area contributed by atoms with E-state index >= 15 is 0 Å². The van der Waals surface area contributed by atoms with Gasteiger partial charge < -0.3 is 19.4 Å². The van der Waals surface area contributed by atoms with E-state index in [4.69, 9.17) is 14.7 Å². The predicted molar refractivity (Wildman–Crippen MR) is 120 cm³/mol. The second kappa shape index (κ2) is 8.05. The van der Waals surface area contributed by atoms with E-state index in [0.717, 1.165) is 12.1 Å². The van der Waals surface area contributed by atoms with Gasteiger partial charge in [0.2, 0.25) is 17.4 Å². The molecule has 32 heavy (non-hydrogen) atoms. The summed E-state index contributed by atoms with van der Waals surface area (Å²) in [5.74, 6) is -3.04. The molecule has 1 heterocycles. The first-order valence-electron chi connectivity index (χ1n) is 9.46. The zero-order valence-electron chi connectivity index (χ0n) is 17.8. The number of hydrogen-bond acceptors (Lipinski definition) is 8. The van der Waals surface area contributed by atoms with Gasteiger partial charge in [-0.2, -0.15) is 8.42 Å². The molecular formula is C19H19B3FNO7S. The van der Waals surface area contributed by atoms with Gasteiger partial charge in [0, 0.05) is 0 Å². The minimum absolute atomic E-state index is 0.255. The van der Waals surface area contributed by atoms with Crippen LogP contribution < -0.4 is 5.73 Å². The third-order valence-electron chi connectivity index (χ3n) is 5.39. The number of rotatable bonds is 6. The first-order chi connectivity index (χ1) is 14.8. The lowest BCUT2D eigenvalue weighted by Gasteiger charge is -2.26. The minimum Gasteiger partial charge on any atom is -0.467 e. The highest BCUT2D eigenvalue weighted by Crippen LogP contribution is 2.38. The van der Waals surface area contributed by atoms with Gasteiger partial charge in [-0.3, -0.25) is 4.79 Å². The lowest BCUT2D eigenvalue weighted by atomic mass is 9.65. The fourth-order valence-corrected chi connectivity index (χ4v) is 4.17. The summed E-state index contributed by atoms with van der Waals surface area (Å²) in [5.41, 5.74) is 4.99. The van der Waals surface area contributed by atoms with Gasteiger partial charge in [-0.05, 0) is 35.4 Å². The Hall–Kier alpha value is -3.21. The number of halogens is 1. The highest BCUT2D eigenvalue weighted by molar-refractivity contribution is 7.90. The smallest absolute Gasteiger partial charge is 0.337 e. The van der Waals surface area contributed by atoms with Gasteiger partial charge in [-0.1, -0.05) is 24.3 Å². The fraction of sp³-hybridized carbons (Fsp3) is 0.158. The first-order valence-corrected chi connectivity index (χ1v) is 10.9. The average Bonchev–Trinajstić information content (AvgIpc) is 2.97. The summed E-state index contributed by atoms with van der Waals surface area (Å²) in [6.07, 6.45) is 0. The van der Waals surface area contributed by atoms with Crippen molar-refractivity contribution in [2.24, 2.45) is 5.73 Å². The highest BCUT2D eigenvalue weighted by Gasteiger charge is 2.50. The summed E-state index contributed by atoms with van der Waals surface area (Å²) < 4.78 is 53.0. The molecule has 2 N–H and O–H groups in total. The van der Waals surface area contributed by atoms with Gasteiger partial charge in [-0.25, -0.2) is 9.18 Å². The van der Waals surface area contributed by atoms with E-state index in [0.29, 0.717) is 5.56 Å². The quantitative estimate of drug-likeness (QED) is 0.318. The Morgan fingerprint density at radius 1 is 1.12 bits per heavy atom. The van der Waals surface area contributed by atoms with Crippen molar-refractivity contribution in [2.75, 3.05) is 7.11 Å². The summed E-state index contributed by atoms with van der Waals surface area (Å²) >= 11 is 0. The largest absolute Gasteiger partial charge is 0.467 e. The maximum atomic E-state index is 13.2. The van der Waals surface area contributed by atoms with E-state index in [-0.39, 0.29) is 11.1 Å². The molecule has 8 nitrogen and oxygen atoms in total. The molecule has 2 aromatic rings. The molecule has 0 spiro atoms. The van der Waals surface area contributed by atoms with E-state index in [1.54, 1.807) is 0 Å². The van der Waals surface area contributed by atoms with Crippen LogP contribution in [0.15, 0.2) is 60.2 Å². The van der Waals surface area contributed by atoms with Gasteiger partial charge in [0.15, 0.2) is 13.3 Å². The van der Waals surface area contributed by atoms with Crippen LogP contribution in [0.2, 0.25) is 0 Å². The van der Waals surface area contributed by atoms with E-state index in [1.165, 1.54) is 67.0 Å². The van der Waals surface area contributed by atoms with Crippen molar-refractivity contribution in [1.82, 2.24) is 0 Å². The zero-order chi connectivity index (χ0) is 23.9. The predicted octanol–water partition coefficient (Wildman–Crippen LogP) is -1.45. The molecule has 0 unspecified atom stereocenters. The summed E-state index contributed by atoms with van der Waals surface area (Å²) in [5, 5.41) is 0. The van der Waals surface area contributed by atoms with Crippen LogP contribution >= 0.6 is 0 Å². The Bertz CT molecular complexity index is 1210. The lowest BCUT2D eigenvalue weighted by Crippen LogP contribution is -2.40. The Labute approximate surface area is 187 Å². The number of esters is 1. The Morgan fingerprint density at radius 3 is 2.22 bits per heavy atom. The minimum atomic E-state index is -4.45. The standard InChI is InChI=1S/C19H19B3FNO7S/c1-29-17(26)10-2-4-11(5-3-10)18(20)15(25)14(16(24)30-18)31-32(27,28)19(21,22)12-6-8-13(23)9-7-12/h2-9H,20-22,24H2,1H3/t18-/m1/s1. The summed E-state index contributed by atoms with van der Waals surface area (Å²) in [7, 11) is 0.911. The number of carbonyl (C=O) groups excluding carboxylic acids is 2. The zero-order valence-corrected chi connectivity index (χ0v) is 18.7. The molecule has 0 aromatic heterocycles. The van der Waals surface area contributed by atoms with Gasteiger partial charge >= 0.3 is 16.1 Å². The summed E-state index contributed by atoms with van der Waals surface area (Å²) in [6, 6.07) is 10.7. The number of Topliss-reactive ketones (excluding diaryl/α,β-unsaturated/α-hetero) is 1. The van der Waals surface area contributed by atoms with Crippen LogP contribution in [-0.2, 0) is 38.6 Å². The normalized spacial score (nSPS) is 18.9. The van der Waals surface area contributed by atoms with E-state index in [1.807, 2.05) is 0 Å². The Morgan fingerprint density at radius 2 is 1.69 bits per heavy atom. The van der Waals surface area contributed by atoms with Crippen molar-refractivity contribution >= 4 is 45.4 Å². The topological polar surface area (TPSA) is 122 Å². The maximum absolute atomic E-state index is 13.2. The number of methoxy groups -OCH3 is 1. The van der Waals surface area contributed by atoms with Crippen LogP contribution in [0, 0.1) is 5.82 Å². The molecule has 0 radical (unpaired) electrons. The number of nitrogens with two attached hydrogens (primary N) is 1. The second-order valence-corrected chi connectivity index (χ2v) is 9.88. The molecule has 0 aliphatic carbocycles. The number of benzene rings is 2. The molecule has 0 fully saturated rings. The van der Waals surface area contributed by atoms with Gasteiger partial charge in [0.1, 0.15) is 21.5 Å². The maximum Gasteiger partial charge on any atom is 0.337 e. The first kappa shape index (κ1) is 23.5. The van der Waals surface area contributed by atoms with Crippen molar-refractivity contribution < 1.29 is 36.1 Å². The van der Waals surface area contributed by atoms with E-state index < -0.39 is 49.4 Å². The molecule has 1 aliphatic heterocycles. The fourth-order valence-electron chi connectivity index (χ4n) is 3.16. The molecular weight excluding hydrogens is 438 g/mol. The SMILES string of the molecule is BC(B)(c1ccc(F)cc1)S(=O)(=O)OC1=C(N)O[C@](B)(c2ccc(C(=O)OC)cc2)C1=O. The molecule has 3 rings (SSSR count). The molecule has 164 valence electrons. The number of ketones is 1. The molecule has 13 heteroatoms. The molecule has 1 aliphatic rings. The van der Waals surface area contributed by atoms with Crippen LogP contribution in [0.25, 0.3) is 0 Å².